The summed E-state index contributed by atoms with van der Waals surface area (Å²) >= 11 is 0. The van der Waals surface area contributed by atoms with E-state index in [1.54, 1.807) is 6.20 Å². The number of aryl methyl sites for hydroxylation is 1. The summed E-state index contributed by atoms with van der Waals surface area (Å²) in [4.78, 5) is 20.1. The first-order valence-corrected chi connectivity index (χ1v) is 6.13. The first-order chi connectivity index (χ1) is 8.66. The lowest BCUT2D eigenvalue weighted by atomic mass is 9.72. The van der Waals surface area contributed by atoms with Crippen molar-refractivity contribution in [3.63, 3.8) is 0 Å². The van der Waals surface area contributed by atoms with Gasteiger partial charge in [0.2, 0.25) is 0 Å². The average Bonchev–Trinajstić information content (AvgIpc) is 2.81. The van der Waals surface area contributed by atoms with Crippen LogP contribution in [0.3, 0.4) is 0 Å². The molecule has 0 radical (unpaired) electrons. The number of fused-ring (bicyclic) bond motifs is 1. The van der Waals surface area contributed by atoms with Gasteiger partial charge < -0.3 is 15.8 Å². The van der Waals surface area contributed by atoms with Gasteiger partial charge in [-0.05, 0) is 13.3 Å². The highest BCUT2D eigenvalue weighted by molar-refractivity contribution is 5.92. The van der Waals surface area contributed by atoms with E-state index in [0.29, 0.717) is 11.6 Å². The van der Waals surface area contributed by atoms with Crippen LogP contribution in [0.15, 0.2) is 12.4 Å². The number of aromatic nitrogens is 2. The number of amides is 1. The van der Waals surface area contributed by atoms with Gasteiger partial charge in [0.05, 0.1) is 24.0 Å². The van der Waals surface area contributed by atoms with Gasteiger partial charge in [-0.15, -0.1) is 0 Å². The van der Waals surface area contributed by atoms with Gasteiger partial charge in [-0.1, -0.05) is 0 Å². The molecule has 1 aliphatic heterocycles. The molecule has 1 saturated carbocycles. The first kappa shape index (κ1) is 11.6. The van der Waals surface area contributed by atoms with Gasteiger partial charge in [0.25, 0.3) is 5.91 Å². The van der Waals surface area contributed by atoms with Crippen LogP contribution >= 0.6 is 0 Å². The lowest BCUT2D eigenvalue weighted by Gasteiger charge is -2.45. The third-order valence-electron chi connectivity index (χ3n) is 3.76. The van der Waals surface area contributed by atoms with Crippen molar-refractivity contribution in [1.82, 2.24) is 15.3 Å². The Morgan fingerprint density at radius 3 is 3.06 bits per heavy atom. The highest BCUT2D eigenvalue weighted by Crippen LogP contribution is 2.37. The molecule has 0 aromatic carbocycles. The van der Waals surface area contributed by atoms with Crippen molar-refractivity contribution in [2.75, 3.05) is 6.61 Å². The van der Waals surface area contributed by atoms with Crippen LogP contribution in [0.4, 0.5) is 0 Å². The fourth-order valence-electron chi connectivity index (χ4n) is 2.66. The number of nitrogens with one attached hydrogen (secondary N) is 1. The molecular formula is C12H16N4O2. The van der Waals surface area contributed by atoms with Gasteiger partial charge in [0.1, 0.15) is 5.69 Å². The maximum absolute atomic E-state index is 12.0. The van der Waals surface area contributed by atoms with Gasteiger partial charge in [-0.2, -0.15) is 0 Å². The van der Waals surface area contributed by atoms with Crippen molar-refractivity contribution in [2.24, 2.45) is 11.7 Å². The predicted octanol–water partition coefficient (Wildman–Crippen LogP) is -0.371. The maximum atomic E-state index is 12.0. The van der Waals surface area contributed by atoms with E-state index in [1.807, 2.05) is 6.92 Å². The zero-order valence-corrected chi connectivity index (χ0v) is 10.2. The van der Waals surface area contributed by atoms with Crippen LogP contribution in [0, 0.1) is 12.8 Å². The molecule has 1 aliphatic carbocycles. The fourth-order valence-corrected chi connectivity index (χ4v) is 2.66. The molecule has 2 fully saturated rings. The second-order valence-electron chi connectivity index (χ2n) is 4.91. The Hall–Kier alpha value is -1.53. The van der Waals surface area contributed by atoms with Crippen molar-refractivity contribution in [1.29, 1.82) is 0 Å². The third kappa shape index (κ3) is 1.77. The lowest BCUT2D eigenvalue weighted by Crippen LogP contribution is -2.69. The molecule has 3 rings (SSSR count). The van der Waals surface area contributed by atoms with Gasteiger partial charge in [0.15, 0.2) is 0 Å². The second-order valence-corrected chi connectivity index (χ2v) is 4.91. The van der Waals surface area contributed by atoms with E-state index >= 15 is 0 Å². The molecule has 3 N–H and O–H groups in total. The molecule has 1 saturated heterocycles. The number of rotatable bonds is 2. The molecule has 0 bridgehead atoms. The minimum atomic E-state index is -0.239. The van der Waals surface area contributed by atoms with Crippen LogP contribution in [0.25, 0.3) is 0 Å². The van der Waals surface area contributed by atoms with Crippen molar-refractivity contribution in [3.8, 4) is 0 Å². The van der Waals surface area contributed by atoms with Crippen LogP contribution < -0.4 is 11.1 Å². The molecule has 6 heteroatoms. The molecule has 2 heterocycles. The van der Waals surface area contributed by atoms with Crippen LogP contribution in [0.5, 0.6) is 0 Å². The third-order valence-corrected chi connectivity index (χ3v) is 3.76. The Kier molecular flexibility index (Phi) is 2.76. The van der Waals surface area contributed by atoms with Crippen molar-refractivity contribution >= 4 is 5.91 Å². The molecule has 1 amide bonds. The van der Waals surface area contributed by atoms with E-state index in [-0.39, 0.29) is 24.1 Å². The van der Waals surface area contributed by atoms with E-state index in [9.17, 15) is 4.79 Å². The number of carbonyl (C=O) groups excluding carboxylic acids is 1. The minimum absolute atomic E-state index is 0.0140. The average molecular weight is 248 g/mol. The molecular weight excluding hydrogens is 232 g/mol. The Bertz CT molecular complexity index is 462. The van der Waals surface area contributed by atoms with Crippen molar-refractivity contribution in [2.45, 2.75) is 31.5 Å². The zero-order valence-electron chi connectivity index (χ0n) is 10.2. The molecule has 18 heavy (non-hydrogen) atoms. The monoisotopic (exact) mass is 248 g/mol. The van der Waals surface area contributed by atoms with Gasteiger partial charge in [0, 0.05) is 24.8 Å². The quantitative estimate of drug-likeness (QED) is 0.745. The van der Waals surface area contributed by atoms with Crippen LogP contribution in [-0.4, -0.2) is 40.7 Å². The predicted molar refractivity (Wildman–Crippen MR) is 63.8 cm³/mol. The van der Waals surface area contributed by atoms with Crippen LogP contribution in [0.2, 0.25) is 0 Å². The molecule has 4 atom stereocenters. The van der Waals surface area contributed by atoms with E-state index < -0.39 is 0 Å². The van der Waals surface area contributed by atoms with Gasteiger partial charge in [-0.25, -0.2) is 4.98 Å². The summed E-state index contributed by atoms with van der Waals surface area (Å²) in [5.74, 6) is 0.149. The minimum Gasteiger partial charge on any atom is -0.376 e. The topological polar surface area (TPSA) is 90.1 Å². The Labute approximate surface area is 105 Å². The number of carbonyl (C=O) groups is 1. The molecule has 96 valence electrons. The van der Waals surface area contributed by atoms with Crippen molar-refractivity contribution < 1.29 is 9.53 Å². The summed E-state index contributed by atoms with van der Waals surface area (Å²) < 4.78 is 5.56. The number of hydrogen-bond acceptors (Lipinski definition) is 5. The Morgan fingerprint density at radius 2 is 2.33 bits per heavy atom. The Balaban J connectivity index is 1.66. The Morgan fingerprint density at radius 1 is 1.50 bits per heavy atom. The fraction of sp³-hybridized carbons (Fsp3) is 0.583. The summed E-state index contributed by atoms with van der Waals surface area (Å²) in [6, 6.07) is -0.118. The van der Waals surface area contributed by atoms with E-state index in [4.69, 9.17) is 10.5 Å². The summed E-state index contributed by atoms with van der Waals surface area (Å²) in [6.45, 7) is 2.56. The molecule has 1 aromatic rings. The van der Waals surface area contributed by atoms with Crippen LogP contribution in [-0.2, 0) is 4.74 Å². The largest absolute Gasteiger partial charge is 0.376 e. The number of ether oxygens (including phenoxy) is 1. The van der Waals surface area contributed by atoms with Crippen molar-refractivity contribution in [3.05, 3.63) is 23.8 Å². The molecule has 6 nitrogen and oxygen atoms in total. The zero-order chi connectivity index (χ0) is 12.7. The van der Waals surface area contributed by atoms with Crippen LogP contribution in [0.1, 0.15) is 22.6 Å². The highest BCUT2D eigenvalue weighted by Gasteiger charge is 2.52. The first-order valence-electron chi connectivity index (χ1n) is 6.13. The number of nitrogens with zero attached hydrogens (tertiary/aromatic N) is 2. The summed E-state index contributed by atoms with van der Waals surface area (Å²) in [6.07, 6.45) is 4.11. The molecule has 4 unspecified atom stereocenters. The second kappa shape index (κ2) is 4.29. The number of hydrogen-bond donors (Lipinski definition) is 2. The molecule has 0 spiro atoms. The van der Waals surface area contributed by atoms with Gasteiger partial charge >= 0.3 is 0 Å². The molecule has 1 aromatic heterocycles. The van der Waals surface area contributed by atoms with E-state index in [1.165, 1.54) is 6.20 Å². The lowest BCUT2D eigenvalue weighted by molar-refractivity contribution is -0.0161. The maximum Gasteiger partial charge on any atom is 0.271 e. The van der Waals surface area contributed by atoms with Gasteiger partial charge in [-0.3, -0.25) is 9.78 Å². The SMILES string of the molecule is Cc1cnc(C(=O)NC2C(N)C3CCOC32)cn1. The summed E-state index contributed by atoms with van der Waals surface area (Å²) in [5.41, 5.74) is 7.13. The normalized spacial score (nSPS) is 33.7. The summed E-state index contributed by atoms with van der Waals surface area (Å²) in [7, 11) is 0. The smallest absolute Gasteiger partial charge is 0.271 e. The summed E-state index contributed by atoms with van der Waals surface area (Å²) in [5, 5.41) is 2.88. The standard InChI is InChI=1S/C12H16N4O2/c1-6-4-15-8(5-14-6)12(17)16-10-9(13)7-2-3-18-11(7)10/h4-5,7,9-11H,2-3,13H2,1H3,(H,16,17). The van der Waals surface area contributed by atoms with E-state index in [0.717, 1.165) is 18.7 Å². The highest BCUT2D eigenvalue weighted by atomic mass is 16.5. The molecule has 2 aliphatic rings. The van der Waals surface area contributed by atoms with E-state index in [2.05, 4.69) is 15.3 Å². The number of nitrogens with two attached hydrogens (primary N) is 1.